The van der Waals surface area contributed by atoms with Crippen LogP contribution in [0.5, 0.6) is 0 Å². The lowest BCUT2D eigenvalue weighted by Crippen LogP contribution is -2.24. The molecule has 1 N–H and O–H groups in total. The van der Waals surface area contributed by atoms with Crippen molar-refractivity contribution in [3.63, 3.8) is 0 Å². The normalized spacial score (nSPS) is 15.6. The number of para-hydroxylation sites is 1. The lowest BCUT2D eigenvalue weighted by Gasteiger charge is -2.21. The Morgan fingerprint density at radius 3 is 3.12 bits per heavy atom. The number of rotatable bonds is 1. The van der Waals surface area contributed by atoms with Gasteiger partial charge in [0.05, 0.1) is 0 Å². The Bertz CT molecular complexity index is 467. The van der Waals surface area contributed by atoms with Crippen molar-refractivity contribution in [1.29, 1.82) is 0 Å². The summed E-state index contributed by atoms with van der Waals surface area (Å²) in [6.07, 6.45) is 1.86. The summed E-state index contributed by atoms with van der Waals surface area (Å²) in [5.41, 5.74) is 2.62. The molecule has 0 radical (unpaired) electrons. The quantitative estimate of drug-likeness (QED) is 0.816. The first-order chi connectivity index (χ1) is 7.95. The van der Waals surface area contributed by atoms with Gasteiger partial charge in [-0.3, -0.25) is 0 Å². The number of nitrogens with one attached hydrogen (secondary N) is 1. The van der Waals surface area contributed by atoms with Gasteiger partial charge in [-0.2, -0.15) is 0 Å². The maximum Gasteiger partial charge on any atom is 0.189 e. The minimum Gasteiger partial charge on any atom is -0.316 e. The Hall–Kier alpha value is -1.39. The summed E-state index contributed by atoms with van der Waals surface area (Å²) in [5, 5.41) is 6.53. The van der Waals surface area contributed by atoms with E-state index in [-0.39, 0.29) is 0 Å². The Balaban J connectivity index is 2.06. The van der Waals surface area contributed by atoms with E-state index < -0.39 is 0 Å². The van der Waals surface area contributed by atoms with Gasteiger partial charge in [0.1, 0.15) is 0 Å². The van der Waals surface area contributed by atoms with E-state index in [1.54, 1.807) is 11.3 Å². The third-order valence-corrected chi connectivity index (χ3v) is 3.55. The molecule has 1 aliphatic heterocycles. The molecule has 0 atom stereocenters. The molecule has 2 heterocycles. The summed E-state index contributed by atoms with van der Waals surface area (Å²) < 4.78 is 0. The molecule has 3 rings (SSSR count). The first-order valence-electron chi connectivity index (χ1n) is 5.41. The first kappa shape index (κ1) is 9.81. The molecule has 82 valence electrons. The van der Waals surface area contributed by atoms with Crippen molar-refractivity contribution in [1.82, 2.24) is 10.3 Å². The molecule has 1 aromatic carbocycles. The van der Waals surface area contributed by atoms with E-state index >= 15 is 0 Å². The third kappa shape index (κ3) is 1.70. The number of thiazole rings is 1. The molecule has 0 saturated heterocycles. The van der Waals surface area contributed by atoms with E-state index in [9.17, 15) is 0 Å². The summed E-state index contributed by atoms with van der Waals surface area (Å²) in [4.78, 5) is 6.69. The van der Waals surface area contributed by atoms with Gasteiger partial charge < -0.3 is 10.2 Å². The number of hydrogen-bond donors (Lipinski definition) is 1. The Kier molecular flexibility index (Phi) is 2.60. The van der Waals surface area contributed by atoms with Crippen molar-refractivity contribution in [3.05, 3.63) is 41.4 Å². The van der Waals surface area contributed by atoms with Crippen molar-refractivity contribution >= 4 is 22.2 Å². The second-order valence-electron chi connectivity index (χ2n) is 3.77. The monoisotopic (exact) mass is 231 g/mol. The first-order valence-corrected chi connectivity index (χ1v) is 6.29. The number of anilines is 2. The molecule has 0 fully saturated rings. The predicted octanol–water partition coefficient (Wildman–Crippen LogP) is 2.38. The molecule has 16 heavy (non-hydrogen) atoms. The third-order valence-electron chi connectivity index (χ3n) is 2.76. The highest BCUT2D eigenvalue weighted by Gasteiger charge is 2.17. The van der Waals surface area contributed by atoms with Crippen LogP contribution in [0.4, 0.5) is 10.8 Å². The van der Waals surface area contributed by atoms with Crippen LogP contribution in [0.2, 0.25) is 0 Å². The summed E-state index contributed by atoms with van der Waals surface area (Å²) in [6.45, 7) is 2.91. The molecule has 0 aliphatic carbocycles. The van der Waals surface area contributed by atoms with Gasteiger partial charge in [-0.25, -0.2) is 4.98 Å². The van der Waals surface area contributed by atoms with Gasteiger partial charge >= 0.3 is 0 Å². The second kappa shape index (κ2) is 4.23. The average molecular weight is 231 g/mol. The van der Waals surface area contributed by atoms with Gasteiger partial charge in [0.15, 0.2) is 5.13 Å². The molecule has 0 amide bonds. The molecule has 0 spiro atoms. The maximum absolute atomic E-state index is 4.40. The van der Waals surface area contributed by atoms with Gasteiger partial charge in [-0.05, 0) is 11.6 Å². The topological polar surface area (TPSA) is 28.2 Å². The lowest BCUT2D eigenvalue weighted by atomic mass is 10.1. The molecule has 0 saturated carbocycles. The van der Waals surface area contributed by atoms with Crippen molar-refractivity contribution in [2.24, 2.45) is 0 Å². The smallest absolute Gasteiger partial charge is 0.189 e. The lowest BCUT2D eigenvalue weighted by molar-refractivity contribution is 0.712. The van der Waals surface area contributed by atoms with Crippen molar-refractivity contribution in [2.75, 3.05) is 18.0 Å². The molecular weight excluding hydrogens is 218 g/mol. The number of aromatic nitrogens is 1. The van der Waals surface area contributed by atoms with Crippen molar-refractivity contribution < 1.29 is 0 Å². The van der Waals surface area contributed by atoms with Gasteiger partial charge in [0.2, 0.25) is 0 Å². The number of benzene rings is 1. The van der Waals surface area contributed by atoms with Crippen LogP contribution >= 0.6 is 11.3 Å². The van der Waals surface area contributed by atoms with Crippen molar-refractivity contribution in [2.45, 2.75) is 6.54 Å². The van der Waals surface area contributed by atoms with Crippen LogP contribution < -0.4 is 10.2 Å². The van der Waals surface area contributed by atoms with Gasteiger partial charge in [-0.15, -0.1) is 11.3 Å². The fraction of sp³-hybridized carbons (Fsp3) is 0.250. The Labute approximate surface area is 98.7 Å². The van der Waals surface area contributed by atoms with Gasteiger partial charge in [0.25, 0.3) is 0 Å². The number of nitrogens with zero attached hydrogens (tertiary/aromatic N) is 2. The second-order valence-corrected chi connectivity index (χ2v) is 4.64. The van der Waals surface area contributed by atoms with Crippen LogP contribution in [0.25, 0.3) is 0 Å². The highest BCUT2D eigenvalue weighted by Crippen LogP contribution is 2.30. The predicted molar refractivity (Wildman–Crippen MR) is 67.3 cm³/mol. The van der Waals surface area contributed by atoms with Crippen LogP contribution in [0.3, 0.4) is 0 Å². The van der Waals surface area contributed by atoms with Crippen LogP contribution in [0.15, 0.2) is 35.8 Å². The molecule has 1 aromatic heterocycles. The number of fused-ring (bicyclic) bond motifs is 1. The van der Waals surface area contributed by atoms with Crippen LogP contribution in [-0.4, -0.2) is 18.1 Å². The standard InChI is InChI=1S/C12H13N3S/c1-2-4-11-10(3-1)9-13-5-7-15(11)12-14-6-8-16-12/h1-4,6,8,13H,5,7,9H2. The van der Waals surface area contributed by atoms with Crippen LogP contribution in [0.1, 0.15) is 5.56 Å². The summed E-state index contributed by atoms with van der Waals surface area (Å²) in [7, 11) is 0. The Morgan fingerprint density at radius 2 is 2.25 bits per heavy atom. The molecule has 0 unspecified atom stereocenters. The van der Waals surface area contributed by atoms with Crippen LogP contribution in [-0.2, 0) is 6.54 Å². The molecule has 0 bridgehead atoms. The fourth-order valence-electron chi connectivity index (χ4n) is 2.01. The summed E-state index contributed by atoms with van der Waals surface area (Å²) in [5.74, 6) is 0. The zero-order valence-corrected chi connectivity index (χ0v) is 9.70. The maximum atomic E-state index is 4.40. The summed E-state index contributed by atoms with van der Waals surface area (Å²) in [6, 6.07) is 8.52. The highest BCUT2D eigenvalue weighted by molar-refractivity contribution is 7.13. The molecule has 1 aliphatic rings. The fourth-order valence-corrected chi connectivity index (χ4v) is 2.69. The molecule has 3 nitrogen and oxygen atoms in total. The molecule has 4 heteroatoms. The average Bonchev–Trinajstić information content (AvgIpc) is 2.76. The van der Waals surface area contributed by atoms with E-state index in [4.69, 9.17) is 0 Å². The van der Waals surface area contributed by atoms with Crippen LogP contribution in [0, 0.1) is 0 Å². The van der Waals surface area contributed by atoms with E-state index in [0.717, 1.165) is 24.8 Å². The number of hydrogen-bond acceptors (Lipinski definition) is 4. The van der Waals surface area contributed by atoms with Gasteiger partial charge in [0, 0.05) is 36.9 Å². The van der Waals surface area contributed by atoms with E-state index in [1.165, 1.54) is 11.3 Å². The molecule has 2 aromatic rings. The SMILES string of the molecule is c1ccc2c(c1)CNCCN2c1nccs1. The highest BCUT2D eigenvalue weighted by atomic mass is 32.1. The van der Waals surface area contributed by atoms with E-state index in [0.29, 0.717) is 0 Å². The molecular formula is C12H13N3S. The zero-order chi connectivity index (χ0) is 10.8. The minimum atomic E-state index is 0.943. The minimum absolute atomic E-state index is 0.943. The zero-order valence-electron chi connectivity index (χ0n) is 8.89. The van der Waals surface area contributed by atoms with E-state index in [1.807, 2.05) is 11.6 Å². The summed E-state index contributed by atoms with van der Waals surface area (Å²) >= 11 is 1.69. The largest absolute Gasteiger partial charge is 0.316 e. The van der Waals surface area contributed by atoms with Gasteiger partial charge in [-0.1, -0.05) is 18.2 Å². The van der Waals surface area contributed by atoms with E-state index in [2.05, 4.69) is 39.5 Å². The van der Waals surface area contributed by atoms with Crippen molar-refractivity contribution in [3.8, 4) is 0 Å². The Morgan fingerprint density at radius 1 is 1.31 bits per heavy atom.